The van der Waals surface area contributed by atoms with Gasteiger partial charge in [-0.15, -0.1) is 0 Å². The number of hydrogen-bond acceptors (Lipinski definition) is 3. The van der Waals surface area contributed by atoms with Crippen LogP contribution in [0, 0.1) is 42.4 Å². The highest BCUT2D eigenvalue weighted by Gasteiger charge is 2.73. The largest absolute Gasteiger partial charge is 0.297 e. The van der Waals surface area contributed by atoms with Gasteiger partial charge in [-0.1, -0.05) is 17.7 Å². The molecule has 0 aliphatic heterocycles. The van der Waals surface area contributed by atoms with Crippen molar-refractivity contribution in [2.75, 3.05) is 0 Å². The molecule has 1 aromatic carbocycles. The van der Waals surface area contributed by atoms with E-state index < -0.39 is 10.1 Å². The van der Waals surface area contributed by atoms with Crippen LogP contribution in [0.4, 0.5) is 0 Å². The smallest absolute Gasteiger partial charge is 0.262 e. The summed E-state index contributed by atoms with van der Waals surface area (Å²) in [7, 11) is -3.61. The Labute approximate surface area is 125 Å². The van der Waals surface area contributed by atoms with Gasteiger partial charge in [-0.3, -0.25) is 4.18 Å². The van der Waals surface area contributed by atoms with E-state index in [1.807, 2.05) is 19.1 Å². The van der Waals surface area contributed by atoms with Crippen molar-refractivity contribution in [2.24, 2.45) is 35.5 Å². The Hall–Kier alpha value is -0.870. The predicted octanol–water partition coefficient (Wildman–Crippen LogP) is 2.99. The van der Waals surface area contributed by atoms with Crippen molar-refractivity contribution in [3.8, 4) is 0 Å². The third kappa shape index (κ3) is 1.50. The summed E-state index contributed by atoms with van der Waals surface area (Å²) in [6.45, 7) is 1.96. The first-order valence-corrected chi connectivity index (χ1v) is 9.47. The van der Waals surface area contributed by atoms with E-state index in [4.69, 9.17) is 4.18 Å². The number of rotatable bonds is 3. The van der Waals surface area contributed by atoms with Crippen molar-refractivity contribution in [1.82, 2.24) is 0 Å². The van der Waals surface area contributed by atoms with Crippen LogP contribution in [0.3, 0.4) is 0 Å². The molecule has 21 heavy (non-hydrogen) atoms. The fraction of sp³-hybridized carbons (Fsp3) is 0.647. The van der Waals surface area contributed by atoms with Crippen LogP contribution in [-0.4, -0.2) is 14.5 Å². The first-order valence-electron chi connectivity index (χ1n) is 8.06. The summed E-state index contributed by atoms with van der Waals surface area (Å²) in [5, 5.41) is 0. The Bertz CT molecular complexity index is 687. The van der Waals surface area contributed by atoms with Gasteiger partial charge in [-0.25, -0.2) is 0 Å². The SMILES string of the molecule is Cc1ccc(S(=O)(=O)O[C@@H]2[C@H]3C[C@H]4[C@H]5CC[C@@H]3[C@@H]5[C@@H]42)cc1. The highest BCUT2D eigenvalue weighted by Crippen LogP contribution is 2.75. The fourth-order valence-corrected chi connectivity index (χ4v) is 7.22. The van der Waals surface area contributed by atoms with Crippen LogP contribution in [0.15, 0.2) is 29.2 Å². The molecule has 1 aromatic rings. The molecule has 112 valence electrons. The summed E-state index contributed by atoms with van der Waals surface area (Å²) in [5.41, 5.74) is 1.06. The van der Waals surface area contributed by atoms with Gasteiger partial charge < -0.3 is 0 Å². The van der Waals surface area contributed by atoms with Gasteiger partial charge in [0.1, 0.15) is 0 Å². The molecule has 5 rings (SSSR count). The topological polar surface area (TPSA) is 43.4 Å². The molecule has 4 aliphatic carbocycles. The van der Waals surface area contributed by atoms with Crippen molar-refractivity contribution < 1.29 is 12.6 Å². The Morgan fingerprint density at radius 3 is 2.29 bits per heavy atom. The standard InChI is InChI=1S/C17H20O3S/c1-9-2-4-10(5-3-9)21(18,19)20-17-14-8-13-11-6-7-12(14)15(11)16(13)17/h2-5,11-17H,6-8H2,1H3/t11-,12+,13+,14+,15-,16-,17-/m1/s1. The molecular formula is C17H20O3S. The molecule has 0 aromatic heterocycles. The number of hydrogen-bond donors (Lipinski definition) is 0. The quantitative estimate of drug-likeness (QED) is 0.806. The maximum absolute atomic E-state index is 12.5. The van der Waals surface area contributed by atoms with Gasteiger partial charge in [0, 0.05) is 0 Å². The third-order valence-electron chi connectivity index (χ3n) is 6.75. The van der Waals surface area contributed by atoms with Crippen LogP contribution in [0.5, 0.6) is 0 Å². The lowest BCUT2D eigenvalue weighted by Gasteiger charge is -2.48. The summed E-state index contributed by atoms with van der Waals surface area (Å²) < 4.78 is 30.8. The molecule has 4 fully saturated rings. The summed E-state index contributed by atoms with van der Waals surface area (Å²) in [4.78, 5) is 0.304. The van der Waals surface area contributed by atoms with Crippen LogP contribution < -0.4 is 0 Å². The monoisotopic (exact) mass is 304 g/mol. The lowest BCUT2D eigenvalue weighted by molar-refractivity contribution is -0.0255. The molecule has 2 bridgehead atoms. The van der Waals surface area contributed by atoms with E-state index >= 15 is 0 Å². The Kier molecular flexibility index (Phi) is 2.35. The molecule has 0 unspecified atom stereocenters. The molecule has 4 heteroatoms. The van der Waals surface area contributed by atoms with Gasteiger partial charge in [0.05, 0.1) is 11.0 Å². The molecule has 0 spiro atoms. The van der Waals surface area contributed by atoms with Crippen molar-refractivity contribution in [2.45, 2.75) is 37.2 Å². The average Bonchev–Trinajstić information content (AvgIpc) is 2.95. The molecule has 3 nitrogen and oxygen atoms in total. The third-order valence-corrected chi connectivity index (χ3v) is 8.08. The van der Waals surface area contributed by atoms with E-state index in [9.17, 15) is 8.42 Å². The lowest BCUT2D eigenvalue weighted by Crippen LogP contribution is -2.45. The van der Waals surface area contributed by atoms with Gasteiger partial charge in [0.15, 0.2) is 0 Å². The summed E-state index contributed by atoms with van der Waals surface area (Å²) in [5.74, 6) is 4.23. The zero-order chi connectivity index (χ0) is 14.4. The molecule has 0 radical (unpaired) electrons. The van der Waals surface area contributed by atoms with Gasteiger partial charge in [0.2, 0.25) is 0 Å². The number of fused-ring (bicyclic) bond motifs is 3. The average molecular weight is 304 g/mol. The van der Waals surface area contributed by atoms with Crippen LogP contribution in [0.2, 0.25) is 0 Å². The van der Waals surface area contributed by atoms with Gasteiger partial charge in [-0.05, 0) is 73.8 Å². The zero-order valence-electron chi connectivity index (χ0n) is 12.1. The number of aryl methyl sites for hydroxylation is 1. The molecule has 7 atom stereocenters. The minimum Gasteiger partial charge on any atom is -0.262 e. The van der Waals surface area contributed by atoms with E-state index in [2.05, 4.69) is 0 Å². The van der Waals surface area contributed by atoms with Crippen LogP contribution in [0.25, 0.3) is 0 Å². The van der Waals surface area contributed by atoms with Crippen LogP contribution in [-0.2, 0) is 14.3 Å². The minimum atomic E-state index is -3.61. The summed E-state index contributed by atoms with van der Waals surface area (Å²) >= 11 is 0. The summed E-state index contributed by atoms with van der Waals surface area (Å²) in [6.07, 6.45) is 3.86. The fourth-order valence-electron chi connectivity index (χ4n) is 6.07. The van der Waals surface area contributed by atoms with Crippen LogP contribution >= 0.6 is 0 Å². The molecular weight excluding hydrogens is 284 g/mol. The summed E-state index contributed by atoms with van der Waals surface area (Å²) in [6, 6.07) is 6.99. The van der Waals surface area contributed by atoms with E-state index in [-0.39, 0.29) is 6.10 Å². The van der Waals surface area contributed by atoms with Crippen molar-refractivity contribution in [3.63, 3.8) is 0 Å². The maximum Gasteiger partial charge on any atom is 0.297 e. The van der Waals surface area contributed by atoms with Crippen molar-refractivity contribution in [3.05, 3.63) is 29.8 Å². The second kappa shape index (κ2) is 3.90. The zero-order valence-corrected chi connectivity index (χ0v) is 12.9. The van der Waals surface area contributed by atoms with Gasteiger partial charge >= 0.3 is 0 Å². The van der Waals surface area contributed by atoms with E-state index in [0.29, 0.717) is 16.7 Å². The van der Waals surface area contributed by atoms with E-state index in [0.717, 1.165) is 29.2 Å². The highest BCUT2D eigenvalue weighted by molar-refractivity contribution is 7.86. The second-order valence-corrected chi connectivity index (χ2v) is 9.02. The van der Waals surface area contributed by atoms with Crippen molar-refractivity contribution >= 4 is 10.1 Å². The van der Waals surface area contributed by atoms with E-state index in [1.165, 1.54) is 19.3 Å². The van der Waals surface area contributed by atoms with Gasteiger partial charge in [0.25, 0.3) is 10.1 Å². The number of benzene rings is 1. The normalized spacial score (nSPS) is 45.9. The first-order chi connectivity index (χ1) is 10.1. The Morgan fingerprint density at radius 2 is 1.62 bits per heavy atom. The highest BCUT2D eigenvalue weighted by atomic mass is 32.2. The second-order valence-electron chi connectivity index (χ2n) is 7.45. The molecule has 4 saturated carbocycles. The molecule has 0 N–H and O–H groups in total. The van der Waals surface area contributed by atoms with Gasteiger partial charge in [-0.2, -0.15) is 8.42 Å². The lowest BCUT2D eigenvalue weighted by atomic mass is 9.56. The molecule has 0 saturated heterocycles. The Morgan fingerprint density at radius 1 is 0.952 bits per heavy atom. The molecule has 0 heterocycles. The molecule has 0 amide bonds. The Balaban J connectivity index is 1.43. The molecule has 4 aliphatic rings. The maximum atomic E-state index is 12.5. The minimum absolute atomic E-state index is 0.0344. The van der Waals surface area contributed by atoms with Crippen molar-refractivity contribution in [1.29, 1.82) is 0 Å². The van der Waals surface area contributed by atoms with E-state index in [1.54, 1.807) is 12.1 Å². The first kappa shape index (κ1) is 12.7. The predicted molar refractivity (Wildman–Crippen MR) is 78.0 cm³/mol. The van der Waals surface area contributed by atoms with Crippen LogP contribution in [0.1, 0.15) is 24.8 Å².